The average molecular weight is 507 g/mol. The molecule has 0 atom stereocenters. The van der Waals surface area contributed by atoms with Gasteiger partial charge in [-0.3, -0.25) is 5.57 Å². The molecular formula is C20H33BrO2Si2Zn. The Balaban J connectivity index is 0.00000301. The average Bonchev–Trinajstić information content (AvgIpc) is 2.53. The number of benzene rings is 1. The predicted molar refractivity (Wildman–Crippen MR) is 119 cm³/mol. The molecule has 1 aromatic carbocycles. The van der Waals surface area contributed by atoms with E-state index in [1.807, 2.05) is 30.3 Å². The standard InChI is InChI=1S/C20H33O2Si2.BrH.Zn/c1-18(16-21-20-11-9-8-10-12-20)15-19(17-23(2,3)4)13-14-22-24(5,6)7;;/h8-12H,1,13-16H2,2-7H3;1H;/q-1;;+2/p-1. The molecule has 1 aromatic rings. The molecule has 0 aromatic heterocycles. The number of para-hydroxylation sites is 1. The molecule has 2 nitrogen and oxygen atoms in total. The maximum atomic E-state index is 6.02. The summed E-state index contributed by atoms with van der Waals surface area (Å²) in [6, 6.07) is 9.90. The van der Waals surface area contributed by atoms with Crippen LogP contribution in [0.15, 0.2) is 48.1 Å². The second-order valence-corrected chi connectivity index (χ2v) is 17.5. The van der Waals surface area contributed by atoms with E-state index in [1.54, 1.807) is 0 Å². The van der Waals surface area contributed by atoms with Gasteiger partial charge in [0.05, 0.1) is 0 Å². The summed E-state index contributed by atoms with van der Waals surface area (Å²) in [5.41, 5.74) is 6.16. The van der Waals surface area contributed by atoms with Crippen LogP contribution in [0.1, 0.15) is 12.8 Å². The second-order valence-electron chi connectivity index (χ2n) is 8.22. The Morgan fingerprint density at radius 1 is 1.08 bits per heavy atom. The Morgan fingerprint density at radius 2 is 1.65 bits per heavy atom. The summed E-state index contributed by atoms with van der Waals surface area (Å²) in [6.45, 7) is 19.2. The third-order valence-corrected chi connectivity index (χ3v) is 5.31. The second kappa shape index (κ2) is 13.2. The fourth-order valence-corrected chi connectivity index (χ4v) is 4.25. The Kier molecular flexibility index (Phi) is 13.2. The Morgan fingerprint density at radius 3 is 2.15 bits per heavy atom. The van der Waals surface area contributed by atoms with E-state index in [0.29, 0.717) is 6.61 Å². The van der Waals surface area contributed by atoms with E-state index in [4.69, 9.17) is 9.16 Å². The number of ether oxygens (including phenoxy) is 1. The molecule has 142 valence electrons. The van der Waals surface area contributed by atoms with Crippen molar-refractivity contribution in [1.29, 1.82) is 0 Å². The van der Waals surface area contributed by atoms with Crippen molar-refractivity contribution in [2.75, 3.05) is 13.2 Å². The zero-order valence-corrected chi connectivity index (χ0v) is 23.9. The quantitative estimate of drug-likeness (QED) is 0.200. The van der Waals surface area contributed by atoms with Crippen molar-refractivity contribution in [1.82, 2.24) is 0 Å². The third kappa shape index (κ3) is 15.1. The summed E-state index contributed by atoms with van der Waals surface area (Å²) in [7, 11) is -2.84. The molecule has 0 unspecified atom stereocenters. The molecule has 0 aliphatic rings. The maximum absolute atomic E-state index is 6.02. The van der Waals surface area contributed by atoms with E-state index in [-0.39, 0.29) is 0 Å². The van der Waals surface area contributed by atoms with E-state index < -0.39 is 16.4 Å². The number of hydrogen-bond acceptors (Lipinski definition) is 2. The first-order chi connectivity index (χ1) is 12.1. The molecule has 0 heterocycles. The van der Waals surface area contributed by atoms with Crippen molar-refractivity contribution in [3.05, 3.63) is 53.8 Å². The van der Waals surface area contributed by atoms with Crippen LogP contribution in [0.4, 0.5) is 0 Å². The Bertz CT molecular complexity index is 549. The van der Waals surface area contributed by atoms with Crippen molar-refractivity contribution >= 4 is 30.0 Å². The number of halogens is 1. The molecule has 0 aliphatic heterocycles. The van der Waals surface area contributed by atoms with Crippen LogP contribution in [0.3, 0.4) is 0 Å². The van der Waals surface area contributed by atoms with Gasteiger partial charge in [0.2, 0.25) is 0 Å². The van der Waals surface area contributed by atoms with Gasteiger partial charge in [0.25, 0.3) is 0 Å². The molecule has 0 fully saturated rings. The fourth-order valence-electron chi connectivity index (χ4n) is 2.26. The van der Waals surface area contributed by atoms with Gasteiger partial charge in [-0.05, 0) is 50.2 Å². The van der Waals surface area contributed by atoms with Crippen molar-refractivity contribution in [2.24, 2.45) is 0 Å². The van der Waals surface area contributed by atoms with Gasteiger partial charge in [0.1, 0.15) is 12.4 Å². The Hall–Kier alpha value is -0.00286. The minimum absolute atomic E-state index is 0.551. The number of rotatable bonds is 10. The third-order valence-electron chi connectivity index (χ3n) is 3.14. The Labute approximate surface area is 179 Å². The normalized spacial score (nSPS) is 12.3. The summed E-state index contributed by atoms with van der Waals surface area (Å²) >= 11 is 4.25. The van der Waals surface area contributed by atoms with E-state index in [1.165, 1.54) is 21.9 Å². The number of hydrogen-bond donors (Lipinski definition) is 0. The molecule has 0 radical (unpaired) electrons. The van der Waals surface area contributed by atoms with Crippen LogP contribution in [0.2, 0.25) is 39.3 Å². The van der Waals surface area contributed by atoms with Crippen molar-refractivity contribution in [2.45, 2.75) is 52.1 Å². The van der Waals surface area contributed by atoms with E-state index >= 15 is 0 Å². The van der Waals surface area contributed by atoms with Crippen molar-refractivity contribution in [3.63, 3.8) is 0 Å². The van der Waals surface area contributed by atoms with Crippen molar-refractivity contribution < 1.29 is 25.5 Å². The van der Waals surface area contributed by atoms with Gasteiger partial charge in [-0.2, -0.15) is 0 Å². The summed E-state index contributed by atoms with van der Waals surface area (Å²) in [5, 5.41) is 0. The van der Waals surface area contributed by atoms with Gasteiger partial charge in [-0.25, -0.2) is 0 Å². The molecule has 0 aliphatic carbocycles. The monoisotopic (exact) mass is 504 g/mol. The molecule has 26 heavy (non-hydrogen) atoms. The van der Waals surface area contributed by atoms with Crippen LogP contribution < -0.4 is 4.74 Å². The molecule has 0 N–H and O–H groups in total. The summed E-state index contributed by atoms with van der Waals surface area (Å²) in [5.74, 6) is 0.889. The van der Waals surface area contributed by atoms with Crippen LogP contribution in [-0.4, -0.2) is 29.6 Å². The first-order valence-corrected chi connectivity index (χ1v) is 22.8. The van der Waals surface area contributed by atoms with Crippen LogP contribution >= 0.6 is 13.6 Å². The van der Waals surface area contributed by atoms with Crippen LogP contribution in [0, 0.1) is 5.70 Å². The predicted octanol–water partition coefficient (Wildman–Crippen LogP) is 6.70. The summed E-state index contributed by atoms with van der Waals surface area (Å²) in [6.07, 6.45) is 1.80. The van der Waals surface area contributed by atoms with Gasteiger partial charge in [-0.15, -0.1) is 8.07 Å². The van der Waals surface area contributed by atoms with Crippen LogP contribution in [0.5, 0.6) is 5.75 Å². The minimum atomic E-state index is -1.46. The fraction of sp³-hybridized carbons (Fsp3) is 0.500. The van der Waals surface area contributed by atoms with Gasteiger partial charge < -0.3 is 14.9 Å². The zero-order valence-electron chi connectivity index (χ0n) is 17.3. The van der Waals surface area contributed by atoms with E-state index in [2.05, 4.69) is 65.2 Å². The SMILES string of the molecule is C=C(COc1ccccc1)CC(=[C-][Si](C)(C)C)CCO[Si](C)(C)C.[Zn+][Br]. The molecule has 6 heteroatoms. The summed E-state index contributed by atoms with van der Waals surface area (Å²) < 4.78 is 11.8. The van der Waals surface area contributed by atoms with E-state index in [9.17, 15) is 0 Å². The topological polar surface area (TPSA) is 18.5 Å². The van der Waals surface area contributed by atoms with Crippen LogP contribution in [-0.2, 0) is 20.8 Å². The molecule has 0 saturated heterocycles. The first kappa shape index (κ1) is 26.0. The summed E-state index contributed by atoms with van der Waals surface area (Å²) in [4.78, 5) is 0. The van der Waals surface area contributed by atoms with Gasteiger partial charge in [0.15, 0.2) is 8.32 Å². The molecule has 0 spiro atoms. The molecular weight excluding hydrogens is 474 g/mol. The molecule has 1 rings (SSSR count). The molecule has 0 saturated carbocycles. The first-order valence-electron chi connectivity index (χ1n) is 8.93. The van der Waals surface area contributed by atoms with Gasteiger partial charge in [-0.1, -0.05) is 44.4 Å². The van der Waals surface area contributed by atoms with Crippen molar-refractivity contribution in [3.8, 4) is 5.75 Å². The van der Waals surface area contributed by atoms with Gasteiger partial charge >= 0.3 is 30.0 Å². The van der Waals surface area contributed by atoms with E-state index in [0.717, 1.165) is 30.8 Å². The molecule has 0 bridgehead atoms. The van der Waals surface area contributed by atoms with Crippen LogP contribution in [0.25, 0.3) is 0 Å². The zero-order chi connectivity index (χ0) is 20.2. The van der Waals surface area contributed by atoms with Gasteiger partial charge in [0, 0.05) is 6.61 Å². The molecule has 0 amide bonds.